The van der Waals surface area contributed by atoms with Crippen molar-refractivity contribution in [3.05, 3.63) is 24.3 Å². The summed E-state index contributed by atoms with van der Waals surface area (Å²) in [6, 6.07) is 9.36. The predicted molar refractivity (Wildman–Crippen MR) is 80.0 cm³/mol. The Kier molecular flexibility index (Phi) is 6.80. The first-order valence-electron chi connectivity index (χ1n) is 6.63. The van der Waals surface area contributed by atoms with Gasteiger partial charge in [-0.05, 0) is 38.8 Å². The molecule has 0 aliphatic carbocycles. The van der Waals surface area contributed by atoms with Gasteiger partial charge in [-0.15, -0.1) is 0 Å². The van der Waals surface area contributed by atoms with Crippen LogP contribution in [0.3, 0.4) is 0 Å². The van der Waals surface area contributed by atoms with Gasteiger partial charge in [0.1, 0.15) is 0 Å². The molecule has 0 bridgehead atoms. The van der Waals surface area contributed by atoms with Crippen molar-refractivity contribution in [1.82, 2.24) is 0 Å². The van der Waals surface area contributed by atoms with E-state index in [0.29, 0.717) is 16.7 Å². The highest BCUT2D eigenvalue weighted by Crippen LogP contribution is 2.31. The minimum Gasteiger partial charge on any atom is -0.384 e. The SMILES string of the molecule is CC(C)(C#N)CCCCNc1ccccc1SC(F)F. The lowest BCUT2D eigenvalue weighted by Gasteiger charge is -2.15. The summed E-state index contributed by atoms with van der Waals surface area (Å²) in [6.07, 6.45) is 2.70. The summed E-state index contributed by atoms with van der Waals surface area (Å²) < 4.78 is 24.8. The van der Waals surface area contributed by atoms with Crippen LogP contribution in [0, 0.1) is 16.7 Å². The fraction of sp³-hybridized carbons (Fsp3) is 0.533. The van der Waals surface area contributed by atoms with E-state index in [4.69, 9.17) is 5.26 Å². The van der Waals surface area contributed by atoms with Crippen LogP contribution in [-0.2, 0) is 0 Å². The minimum absolute atomic E-state index is 0.288. The summed E-state index contributed by atoms with van der Waals surface area (Å²) in [5.74, 6) is -2.41. The van der Waals surface area contributed by atoms with Crippen LogP contribution < -0.4 is 5.32 Å². The third-order valence-electron chi connectivity index (χ3n) is 2.95. The first-order chi connectivity index (χ1) is 9.44. The van der Waals surface area contributed by atoms with Gasteiger partial charge in [0.15, 0.2) is 0 Å². The molecule has 0 aliphatic rings. The molecule has 1 aromatic carbocycles. The van der Waals surface area contributed by atoms with Gasteiger partial charge >= 0.3 is 0 Å². The molecule has 1 N–H and O–H groups in total. The number of para-hydroxylation sites is 1. The maximum atomic E-state index is 12.4. The van der Waals surface area contributed by atoms with E-state index in [0.717, 1.165) is 31.5 Å². The number of benzene rings is 1. The summed E-state index contributed by atoms with van der Waals surface area (Å²) in [4.78, 5) is 0.569. The highest BCUT2D eigenvalue weighted by atomic mass is 32.2. The van der Waals surface area contributed by atoms with Gasteiger partial charge in [-0.2, -0.15) is 14.0 Å². The Morgan fingerprint density at radius 2 is 2.00 bits per heavy atom. The average molecular weight is 298 g/mol. The molecule has 0 fully saturated rings. The number of thioether (sulfide) groups is 1. The maximum Gasteiger partial charge on any atom is 0.288 e. The number of anilines is 1. The molecule has 0 amide bonds. The zero-order valence-electron chi connectivity index (χ0n) is 11.8. The van der Waals surface area contributed by atoms with Crippen molar-refractivity contribution < 1.29 is 8.78 Å². The van der Waals surface area contributed by atoms with Crippen LogP contribution in [0.1, 0.15) is 33.1 Å². The molecule has 0 spiro atoms. The number of nitrogens with one attached hydrogen (secondary N) is 1. The van der Waals surface area contributed by atoms with E-state index in [1.54, 1.807) is 12.1 Å². The average Bonchev–Trinajstić information content (AvgIpc) is 2.39. The number of unbranched alkanes of at least 4 members (excludes halogenated alkanes) is 1. The van der Waals surface area contributed by atoms with Gasteiger partial charge in [-0.25, -0.2) is 0 Å². The summed E-state index contributed by atoms with van der Waals surface area (Å²) in [7, 11) is 0. The highest BCUT2D eigenvalue weighted by molar-refractivity contribution is 7.99. The van der Waals surface area contributed by atoms with Crippen molar-refractivity contribution in [3.8, 4) is 6.07 Å². The predicted octanol–water partition coefficient (Wildman–Crippen LogP) is 5.13. The van der Waals surface area contributed by atoms with Crippen molar-refractivity contribution >= 4 is 17.4 Å². The molecule has 0 unspecified atom stereocenters. The normalized spacial score (nSPS) is 11.4. The van der Waals surface area contributed by atoms with E-state index in [2.05, 4.69) is 11.4 Å². The van der Waals surface area contributed by atoms with Gasteiger partial charge in [0.05, 0.1) is 11.5 Å². The Balaban J connectivity index is 2.37. The topological polar surface area (TPSA) is 35.8 Å². The fourth-order valence-corrected chi connectivity index (χ4v) is 2.40. The van der Waals surface area contributed by atoms with Gasteiger partial charge < -0.3 is 5.32 Å². The second kappa shape index (κ2) is 8.11. The molecule has 0 radical (unpaired) electrons. The second-order valence-corrected chi connectivity index (χ2v) is 6.29. The van der Waals surface area contributed by atoms with Crippen LogP contribution in [0.4, 0.5) is 14.5 Å². The molecular formula is C15H20F2N2S. The number of hydrogen-bond donors (Lipinski definition) is 1. The summed E-state index contributed by atoms with van der Waals surface area (Å²) in [5.41, 5.74) is 0.459. The molecular weight excluding hydrogens is 278 g/mol. The summed E-state index contributed by atoms with van der Waals surface area (Å²) in [5, 5.41) is 12.1. The fourth-order valence-electron chi connectivity index (χ4n) is 1.78. The van der Waals surface area contributed by atoms with Crippen molar-refractivity contribution in [3.63, 3.8) is 0 Å². The van der Waals surface area contributed by atoms with Crippen LogP contribution in [0.15, 0.2) is 29.2 Å². The molecule has 1 rings (SSSR count). The quantitative estimate of drug-likeness (QED) is 0.533. The lowest BCUT2D eigenvalue weighted by atomic mass is 9.89. The molecule has 0 aliphatic heterocycles. The zero-order chi connectivity index (χ0) is 15.0. The third-order valence-corrected chi connectivity index (χ3v) is 3.74. The van der Waals surface area contributed by atoms with Crippen molar-refractivity contribution in [1.29, 1.82) is 5.26 Å². The highest BCUT2D eigenvalue weighted by Gasteiger charge is 2.15. The Labute approximate surface area is 123 Å². The van der Waals surface area contributed by atoms with Crippen LogP contribution in [0.25, 0.3) is 0 Å². The van der Waals surface area contributed by atoms with Crippen LogP contribution in [0.2, 0.25) is 0 Å². The molecule has 0 saturated heterocycles. The minimum atomic E-state index is -2.41. The molecule has 0 heterocycles. The molecule has 1 aromatic rings. The number of halogens is 2. The molecule has 2 nitrogen and oxygen atoms in total. The maximum absolute atomic E-state index is 12.4. The van der Waals surface area contributed by atoms with Crippen molar-refractivity contribution in [2.75, 3.05) is 11.9 Å². The van der Waals surface area contributed by atoms with Gasteiger partial charge in [-0.3, -0.25) is 0 Å². The van der Waals surface area contributed by atoms with E-state index in [9.17, 15) is 8.78 Å². The van der Waals surface area contributed by atoms with Crippen molar-refractivity contribution in [2.45, 2.75) is 43.8 Å². The summed E-state index contributed by atoms with van der Waals surface area (Å²) in [6.45, 7) is 4.58. The van der Waals surface area contributed by atoms with Gasteiger partial charge in [-0.1, -0.05) is 30.3 Å². The number of hydrogen-bond acceptors (Lipinski definition) is 3. The molecule has 5 heteroatoms. The van der Waals surface area contributed by atoms with Crippen LogP contribution in [-0.4, -0.2) is 12.3 Å². The monoisotopic (exact) mass is 298 g/mol. The van der Waals surface area contributed by atoms with E-state index in [-0.39, 0.29) is 5.41 Å². The van der Waals surface area contributed by atoms with E-state index in [1.807, 2.05) is 26.0 Å². The summed E-state index contributed by atoms with van der Waals surface area (Å²) >= 11 is 0.558. The second-order valence-electron chi connectivity index (χ2n) is 5.25. The Morgan fingerprint density at radius 3 is 2.65 bits per heavy atom. The van der Waals surface area contributed by atoms with E-state index >= 15 is 0 Å². The first kappa shape index (κ1) is 16.8. The lowest BCUT2D eigenvalue weighted by Crippen LogP contribution is -2.09. The van der Waals surface area contributed by atoms with Crippen molar-refractivity contribution in [2.24, 2.45) is 5.41 Å². The van der Waals surface area contributed by atoms with Gasteiger partial charge in [0.2, 0.25) is 0 Å². The number of rotatable bonds is 8. The molecule has 0 saturated carbocycles. The Hall–Kier alpha value is -1.28. The largest absolute Gasteiger partial charge is 0.384 e. The Bertz CT molecular complexity index is 455. The first-order valence-corrected chi connectivity index (χ1v) is 7.51. The number of alkyl halides is 2. The number of nitrogens with zero attached hydrogens (tertiary/aromatic N) is 1. The standard InChI is InChI=1S/C15H20F2N2S/c1-15(2,11-18)9-5-6-10-19-12-7-3-4-8-13(12)20-14(16)17/h3-4,7-8,14,19H,5-6,9-10H2,1-2H3. The van der Waals surface area contributed by atoms with Crippen LogP contribution in [0.5, 0.6) is 0 Å². The van der Waals surface area contributed by atoms with E-state index < -0.39 is 5.76 Å². The molecule has 0 aromatic heterocycles. The van der Waals surface area contributed by atoms with E-state index in [1.165, 1.54) is 0 Å². The Morgan fingerprint density at radius 1 is 1.30 bits per heavy atom. The zero-order valence-corrected chi connectivity index (χ0v) is 12.6. The molecule has 0 atom stereocenters. The van der Waals surface area contributed by atoms with Crippen LogP contribution >= 0.6 is 11.8 Å². The van der Waals surface area contributed by atoms with Gasteiger partial charge in [0.25, 0.3) is 5.76 Å². The molecule has 110 valence electrons. The smallest absolute Gasteiger partial charge is 0.288 e. The molecule has 20 heavy (non-hydrogen) atoms. The number of nitriles is 1. The lowest BCUT2D eigenvalue weighted by molar-refractivity contribution is 0.252. The third kappa shape index (κ3) is 6.25. The van der Waals surface area contributed by atoms with Gasteiger partial charge in [0, 0.05) is 17.1 Å².